The first-order valence-corrected chi connectivity index (χ1v) is 12.5. The van der Waals surface area contributed by atoms with Gasteiger partial charge in [0.15, 0.2) is 0 Å². The molecule has 1 aliphatic rings. The largest absolute Gasteiger partial charge is 0.306 e. The Hall–Kier alpha value is -3.11. The summed E-state index contributed by atoms with van der Waals surface area (Å²) in [6.07, 6.45) is 0.811. The van der Waals surface area contributed by atoms with Crippen LogP contribution in [0, 0.1) is 24.0 Å². The Bertz CT molecular complexity index is 1060. The van der Waals surface area contributed by atoms with Crippen molar-refractivity contribution in [3.05, 3.63) is 106 Å². The number of nitrogens with zero attached hydrogens (tertiary/aromatic N) is 3. The molecule has 6 nitrogen and oxygen atoms in total. The molecule has 1 heterocycles. The average Bonchev–Trinajstić information content (AvgIpc) is 2.79. The van der Waals surface area contributed by atoms with E-state index >= 15 is 4.57 Å². The van der Waals surface area contributed by atoms with Crippen LogP contribution in [0.15, 0.2) is 78.9 Å². The van der Waals surface area contributed by atoms with Crippen molar-refractivity contribution >= 4 is 18.8 Å². The summed E-state index contributed by atoms with van der Waals surface area (Å²) in [6.45, 7) is 4.80. The summed E-state index contributed by atoms with van der Waals surface area (Å²) in [5.41, 5.74) is 3.85. The molecule has 0 aliphatic carbocycles. The molecule has 0 aromatic heterocycles. The smallest absolute Gasteiger partial charge is 0.276 e. The van der Waals surface area contributed by atoms with E-state index in [1.165, 1.54) is 0 Å². The van der Waals surface area contributed by atoms with Crippen molar-refractivity contribution in [1.29, 1.82) is 0 Å². The van der Waals surface area contributed by atoms with Gasteiger partial charge in [-0.05, 0) is 50.1 Å². The second-order valence-electron chi connectivity index (χ2n) is 8.30. The highest BCUT2D eigenvalue weighted by Crippen LogP contribution is 2.67. The monoisotopic (exact) mass is 449 g/mol. The van der Waals surface area contributed by atoms with E-state index < -0.39 is 19.6 Å². The maximum absolute atomic E-state index is 15.2. The molecule has 7 heteroatoms. The number of hydrogen-bond acceptors (Lipinski definition) is 3. The maximum Gasteiger partial charge on any atom is 0.276 e. The van der Waals surface area contributed by atoms with E-state index in [4.69, 9.17) is 0 Å². The second kappa shape index (κ2) is 9.17. The van der Waals surface area contributed by atoms with Crippen molar-refractivity contribution in [1.82, 2.24) is 0 Å². The lowest BCUT2D eigenvalue weighted by atomic mass is 10.1. The van der Waals surface area contributed by atoms with Crippen molar-refractivity contribution in [3.63, 3.8) is 0 Å². The zero-order chi connectivity index (χ0) is 22.7. The van der Waals surface area contributed by atoms with Crippen LogP contribution in [0.1, 0.15) is 28.8 Å². The number of rotatable bonds is 6. The first-order valence-electron chi connectivity index (χ1n) is 10.9. The van der Waals surface area contributed by atoms with Gasteiger partial charge in [0.05, 0.1) is 0 Å². The predicted molar refractivity (Wildman–Crippen MR) is 130 cm³/mol. The molecular formula is C25H28N3O3P. The highest BCUT2D eigenvalue weighted by molar-refractivity contribution is 7.67. The SMILES string of the molecule is Cc1ccc(N2CCCN(c3ccc(C)cc3)P2(=O)C(C[N+](=O)[O-])c2ccccc2)cc1. The van der Waals surface area contributed by atoms with Gasteiger partial charge in [0, 0.05) is 29.4 Å². The molecule has 0 bridgehead atoms. The van der Waals surface area contributed by atoms with Crippen LogP contribution in [0.3, 0.4) is 0 Å². The van der Waals surface area contributed by atoms with Gasteiger partial charge in [-0.3, -0.25) is 14.7 Å². The van der Waals surface area contributed by atoms with Crippen molar-refractivity contribution in [2.24, 2.45) is 0 Å². The topological polar surface area (TPSA) is 66.7 Å². The van der Waals surface area contributed by atoms with E-state index in [1.807, 2.05) is 102 Å². The highest BCUT2D eigenvalue weighted by atomic mass is 31.2. The van der Waals surface area contributed by atoms with Crippen molar-refractivity contribution in [2.45, 2.75) is 25.9 Å². The molecular weight excluding hydrogens is 421 g/mol. The minimum Gasteiger partial charge on any atom is -0.306 e. The lowest BCUT2D eigenvalue weighted by Crippen LogP contribution is -2.42. The lowest BCUT2D eigenvalue weighted by Gasteiger charge is -2.48. The van der Waals surface area contributed by atoms with Crippen LogP contribution < -0.4 is 9.34 Å². The van der Waals surface area contributed by atoms with Gasteiger partial charge in [0.2, 0.25) is 6.54 Å². The Kier molecular flexibility index (Phi) is 6.33. The minimum atomic E-state index is -3.47. The molecule has 0 radical (unpaired) electrons. The molecule has 4 rings (SSSR count). The third kappa shape index (κ3) is 4.28. The molecule has 1 saturated heterocycles. The average molecular weight is 449 g/mol. The Morgan fingerprint density at radius 3 is 1.75 bits per heavy atom. The molecule has 32 heavy (non-hydrogen) atoms. The molecule has 3 aromatic rings. The Labute approximate surface area is 189 Å². The van der Waals surface area contributed by atoms with E-state index in [-0.39, 0.29) is 4.92 Å². The molecule has 1 unspecified atom stereocenters. The number of hydrogen-bond donors (Lipinski definition) is 0. The van der Waals surface area contributed by atoms with Crippen LogP contribution in [0.4, 0.5) is 11.4 Å². The third-order valence-electron chi connectivity index (χ3n) is 6.01. The number of aryl methyl sites for hydroxylation is 2. The summed E-state index contributed by atoms with van der Waals surface area (Å²) >= 11 is 0. The Morgan fingerprint density at radius 2 is 1.31 bits per heavy atom. The molecule has 0 amide bonds. The number of nitro groups is 1. The van der Waals surface area contributed by atoms with Gasteiger partial charge in [-0.2, -0.15) is 0 Å². The molecule has 1 fully saturated rings. The maximum atomic E-state index is 15.2. The van der Waals surface area contributed by atoms with Crippen molar-refractivity contribution < 1.29 is 9.49 Å². The lowest BCUT2D eigenvalue weighted by molar-refractivity contribution is -0.480. The predicted octanol–water partition coefficient (Wildman–Crippen LogP) is 6.23. The fourth-order valence-electron chi connectivity index (χ4n) is 4.37. The van der Waals surface area contributed by atoms with Gasteiger partial charge < -0.3 is 9.34 Å². The van der Waals surface area contributed by atoms with E-state index in [9.17, 15) is 10.1 Å². The molecule has 0 N–H and O–H groups in total. The standard InChI is InChI=1S/C25H28N3O3P/c1-20-9-13-23(14-10-20)26-17-6-18-27(24-15-11-21(2)12-16-24)32(26,31)25(19-28(29)30)22-7-4-3-5-8-22/h3-5,7-16,25H,6,17-19H2,1-2H3. The van der Waals surface area contributed by atoms with Gasteiger partial charge in [-0.25, -0.2) is 0 Å². The molecule has 0 spiro atoms. The summed E-state index contributed by atoms with van der Waals surface area (Å²) in [4.78, 5) is 11.5. The summed E-state index contributed by atoms with van der Waals surface area (Å²) < 4.78 is 19.1. The van der Waals surface area contributed by atoms with Crippen LogP contribution in [-0.4, -0.2) is 24.6 Å². The first-order chi connectivity index (χ1) is 15.4. The normalized spacial score (nSPS) is 16.6. The molecule has 1 atom stereocenters. The van der Waals surface area contributed by atoms with Gasteiger partial charge in [-0.1, -0.05) is 65.7 Å². The van der Waals surface area contributed by atoms with Crippen LogP contribution in [0.5, 0.6) is 0 Å². The molecule has 3 aromatic carbocycles. The third-order valence-corrected chi connectivity index (χ3v) is 9.53. The first kappa shape index (κ1) is 22.1. The van der Waals surface area contributed by atoms with E-state index in [2.05, 4.69) is 0 Å². The van der Waals surface area contributed by atoms with Crippen LogP contribution in [0.2, 0.25) is 0 Å². The Balaban J connectivity index is 1.91. The number of anilines is 2. The molecule has 0 saturated carbocycles. The quantitative estimate of drug-likeness (QED) is 0.253. The summed E-state index contributed by atoms with van der Waals surface area (Å²) in [5, 5.41) is 11.8. The minimum absolute atomic E-state index is 0.341. The van der Waals surface area contributed by atoms with Crippen molar-refractivity contribution in [3.8, 4) is 0 Å². The summed E-state index contributed by atoms with van der Waals surface area (Å²) in [5.74, 6) is 0. The molecule has 166 valence electrons. The number of benzene rings is 3. The van der Waals surface area contributed by atoms with Gasteiger partial charge >= 0.3 is 0 Å². The fraction of sp³-hybridized carbons (Fsp3) is 0.280. The van der Waals surface area contributed by atoms with Crippen molar-refractivity contribution in [2.75, 3.05) is 29.0 Å². The van der Waals surface area contributed by atoms with Gasteiger partial charge in [0.1, 0.15) is 5.66 Å². The zero-order valence-corrected chi connectivity index (χ0v) is 19.3. The van der Waals surface area contributed by atoms with Crippen LogP contribution in [-0.2, 0) is 4.57 Å². The second-order valence-corrected chi connectivity index (χ2v) is 11.1. The zero-order valence-electron chi connectivity index (χ0n) is 18.4. The van der Waals surface area contributed by atoms with E-state index in [0.29, 0.717) is 13.1 Å². The highest BCUT2D eigenvalue weighted by Gasteiger charge is 2.50. The summed E-state index contributed by atoms with van der Waals surface area (Å²) in [6, 6.07) is 25.1. The fourth-order valence-corrected chi connectivity index (χ4v) is 7.99. The van der Waals surface area contributed by atoms with E-state index in [0.717, 1.165) is 34.5 Å². The molecule has 1 aliphatic heterocycles. The summed E-state index contributed by atoms with van der Waals surface area (Å²) in [7, 11) is -3.47. The Morgan fingerprint density at radius 1 is 0.844 bits per heavy atom. The van der Waals surface area contributed by atoms with Crippen LogP contribution >= 0.6 is 7.44 Å². The van der Waals surface area contributed by atoms with Gasteiger partial charge in [0.25, 0.3) is 7.44 Å². The van der Waals surface area contributed by atoms with Crippen LogP contribution in [0.25, 0.3) is 0 Å². The van der Waals surface area contributed by atoms with Gasteiger partial charge in [-0.15, -0.1) is 0 Å². The van der Waals surface area contributed by atoms with E-state index in [1.54, 1.807) is 0 Å².